The van der Waals surface area contributed by atoms with Crippen LogP contribution in [-0.4, -0.2) is 29.4 Å². The van der Waals surface area contributed by atoms with Crippen LogP contribution in [0.15, 0.2) is 36.5 Å². The standard InChI is InChI=1S/C22H23F2N3O3/c23-16-7-8-19(18(24)11-16)27-13-15(10-20(27)28)21(29)26-12-14-4-3-9-25-22(14)30-17-5-1-2-6-17/h3-4,7-9,11,15,17H,1-2,5-6,10,12-13H2,(H,26,29). The molecule has 0 spiro atoms. The van der Waals surface area contributed by atoms with Crippen molar-refractivity contribution in [3.05, 3.63) is 53.7 Å². The minimum Gasteiger partial charge on any atom is -0.474 e. The molecule has 2 aromatic rings. The molecule has 1 atom stereocenters. The van der Waals surface area contributed by atoms with Crippen LogP contribution in [0, 0.1) is 17.6 Å². The molecule has 30 heavy (non-hydrogen) atoms. The molecule has 6 nitrogen and oxygen atoms in total. The Hall–Kier alpha value is -3.03. The fourth-order valence-corrected chi connectivity index (χ4v) is 3.97. The van der Waals surface area contributed by atoms with E-state index >= 15 is 0 Å². The van der Waals surface area contributed by atoms with E-state index in [0.717, 1.165) is 43.4 Å². The monoisotopic (exact) mass is 415 g/mol. The maximum absolute atomic E-state index is 14.0. The first-order chi connectivity index (χ1) is 14.5. The molecule has 1 saturated carbocycles. The summed E-state index contributed by atoms with van der Waals surface area (Å²) in [5, 5.41) is 2.83. The van der Waals surface area contributed by atoms with Gasteiger partial charge in [0, 0.05) is 37.3 Å². The molecule has 1 aromatic heterocycles. The van der Waals surface area contributed by atoms with Crippen LogP contribution in [0.5, 0.6) is 5.88 Å². The van der Waals surface area contributed by atoms with Gasteiger partial charge in [-0.15, -0.1) is 0 Å². The van der Waals surface area contributed by atoms with Crippen molar-refractivity contribution in [2.24, 2.45) is 5.92 Å². The number of aromatic nitrogens is 1. The van der Waals surface area contributed by atoms with Crippen molar-refractivity contribution < 1.29 is 23.1 Å². The van der Waals surface area contributed by atoms with Gasteiger partial charge in [-0.25, -0.2) is 13.8 Å². The van der Waals surface area contributed by atoms with Crippen molar-refractivity contribution in [2.45, 2.75) is 44.8 Å². The van der Waals surface area contributed by atoms with E-state index in [2.05, 4.69) is 10.3 Å². The van der Waals surface area contributed by atoms with Crippen molar-refractivity contribution in [1.29, 1.82) is 0 Å². The molecule has 4 rings (SSSR count). The molecule has 1 unspecified atom stereocenters. The molecule has 1 aliphatic carbocycles. The van der Waals surface area contributed by atoms with Gasteiger partial charge in [0.2, 0.25) is 17.7 Å². The highest BCUT2D eigenvalue weighted by Crippen LogP contribution is 2.28. The number of pyridine rings is 1. The van der Waals surface area contributed by atoms with Crippen molar-refractivity contribution in [1.82, 2.24) is 10.3 Å². The third kappa shape index (κ3) is 4.42. The van der Waals surface area contributed by atoms with E-state index in [1.165, 1.54) is 11.0 Å². The van der Waals surface area contributed by atoms with Crippen molar-refractivity contribution in [3.8, 4) is 5.88 Å². The third-order valence-electron chi connectivity index (χ3n) is 5.58. The van der Waals surface area contributed by atoms with Crippen LogP contribution in [0.25, 0.3) is 0 Å². The summed E-state index contributed by atoms with van der Waals surface area (Å²) in [5.41, 5.74) is 0.750. The fourth-order valence-electron chi connectivity index (χ4n) is 3.97. The number of anilines is 1. The van der Waals surface area contributed by atoms with Crippen molar-refractivity contribution in [3.63, 3.8) is 0 Å². The van der Waals surface area contributed by atoms with Gasteiger partial charge in [0.05, 0.1) is 11.6 Å². The zero-order valence-corrected chi connectivity index (χ0v) is 16.4. The predicted molar refractivity (Wildman–Crippen MR) is 106 cm³/mol. The lowest BCUT2D eigenvalue weighted by atomic mass is 10.1. The summed E-state index contributed by atoms with van der Waals surface area (Å²) in [7, 11) is 0. The summed E-state index contributed by atoms with van der Waals surface area (Å²) in [6.45, 7) is 0.274. The topological polar surface area (TPSA) is 71.5 Å². The van der Waals surface area contributed by atoms with Gasteiger partial charge in [-0.05, 0) is 43.9 Å². The second-order valence-electron chi connectivity index (χ2n) is 7.71. The Kier molecular flexibility index (Phi) is 5.92. The average Bonchev–Trinajstić information content (AvgIpc) is 3.37. The number of hydrogen-bond acceptors (Lipinski definition) is 4. The van der Waals surface area contributed by atoms with Crippen LogP contribution in [0.3, 0.4) is 0 Å². The van der Waals surface area contributed by atoms with Crippen molar-refractivity contribution in [2.75, 3.05) is 11.4 Å². The Bertz CT molecular complexity index is 947. The van der Waals surface area contributed by atoms with E-state index in [-0.39, 0.29) is 43.1 Å². The summed E-state index contributed by atoms with van der Waals surface area (Å²) >= 11 is 0. The van der Waals surface area contributed by atoms with Gasteiger partial charge in [-0.3, -0.25) is 9.59 Å². The lowest BCUT2D eigenvalue weighted by Gasteiger charge is -2.18. The van der Waals surface area contributed by atoms with Crippen LogP contribution in [0.4, 0.5) is 14.5 Å². The molecule has 2 heterocycles. The molecule has 1 aliphatic heterocycles. The van der Waals surface area contributed by atoms with Crippen LogP contribution in [-0.2, 0) is 16.1 Å². The van der Waals surface area contributed by atoms with Gasteiger partial charge >= 0.3 is 0 Å². The predicted octanol–water partition coefficient (Wildman–Crippen LogP) is 3.35. The van der Waals surface area contributed by atoms with E-state index in [0.29, 0.717) is 5.88 Å². The zero-order valence-electron chi connectivity index (χ0n) is 16.4. The molecule has 2 fully saturated rings. The van der Waals surface area contributed by atoms with Gasteiger partial charge in [0.1, 0.15) is 17.7 Å². The molecule has 1 N–H and O–H groups in total. The van der Waals surface area contributed by atoms with E-state index < -0.39 is 17.6 Å². The number of halogens is 2. The Morgan fingerprint density at radius 3 is 2.80 bits per heavy atom. The molecule has 158 valence electrons. The van der Waals surface area contributed by atoms with Gasteiger partial charge < -0.3 is 15.0 Å². The smallest absolute Gasteiger partial charge is 0.227 e. The van der Waals surface area contributed by atoms with Gasteiger partial charge in [0.25, 0.3) is 0 Å². The number of carbonyl (C=O) groups is 2. The molecule has 1 saturated heterocycles. The van der Waals surface area contributed by atoms with E-state index in [1.807, 2.05) is 6.07 Å². The minimum absolute atomic E-state index is 0.0174. The van der Waals surface area contributed by atoms with Crippen LogP contribution >= 0.6 is 0 Å². The first kappa shape index (κ1) is 20.3. The summed E-state index contributed by atoms with van der Waals surface area (Å²) in [5.74, 6) is -2.31. The molecular formula is C22H23F2N3O3. The molecule has 0 radical (unpaired) electrons. The van der Waals surface area contributed by atoms with Gasteiger partial charge in [-0.2, -0.15) is 0 Å². The highest BCUT2D eigenvalue weighted by atomic mass is 19.1. The molecule has 1 aromatic carbocycles. The Balaban J connectivity index is 1.37. The van der Waals surface area contributed by atoms with Crippen LogP contribution in [0.2, 0.25) is 0 Å². The molecule has 2 aliphatic rings. The summed E-state index contributed by atoms with van der Waals surface area (Å²) in [6.07, 6.45) is 6.07. The molecule has 8 heteroatoms. The average molecular weight is 415 g/mol. The first-order valence-electron chi connectivity index (χ1n) is 10.1. The summed E-state index contributed by atoms with van der Waals surface area (Å²) < 4.78 is 33.1. The van der Waals surface area contributed by atoms with Gasteiger partial charge in [0.15, 0.2) is 0 Å². The maximum atomic E-state index is 14.0. The third-order valence-corrected chi connectivity index (χ3v) is 5.58. The van der Waals surface area contributed by atoms with E-state index in [9.17, 15) is 18.4 Å². The Morgan fingerprint density at radius 2 is 2.03 bits per heavy atom. The first-order valence-corrected chi connectivity index (χ1v) is 10.1. The number of rotatable bonds is 6. The van der Waals surface area contributed by atoms with Crippen LogP contribution < -0.4 is 15.0 Å². The SMILES string of the molecule is O=C(NCc1cccnc1OC1CCCC1)C1CC(=O)N(c2ccc(F)cc2F)C1. The highest BCUT2D eigenvalue weighted by Gasteiger charge is 2.36. The normalized spacial score (nSPS) is 19.3. The second kappa shape index (κ2) is 8.77. The maximum Gasteiger partial charge on any atom is 0.227 e. The largest absolute Gasteiger partial charge is 0.474 e. The Labute approximate surface area is 173 Å². The second-order valence-corrected chi connectivity index (χ2v) is 7.71. The molecular weight excluding hydrogens is 392 g/mol. The zero-order chi connectivity index (χ0) is 21.1. The quantitative estimate of drug-likeness (QED) is 0.786. The number of amides is 2. The number of nitrogens with zero attached hydrogens (tertiary/aromatic N) is 2. The fraction of sp³-hybridized carbons (Fsp3) is 0.409. The van der Waals surface area contributed by atoms with Gasteiger partial charge in [-0.1, -0.05) is 6.07 Å². The highest BCUT2D eigenvalue weighted by molar-refractivity contribution is 6.00. The lowest BCUT2D eigenvalue weighted by molar-refractivity contribution is -0.126. The minimum atomic E-state index is -0.825. The Morgan fingerprint density at radius 1 is 1.23 bits per heavy atom. The molecule has 0 bridgehead atoms. The number of nitrogens with one attached hydrogen (secondary N) is 1. The lowest BCUT2D eigenvalue weighted by Crippen LogP contribution is -2.33. The van der Waals surface area contributed by atoms with E-state index in [4.69, 9.17) is 4.74 Å². The number of ether oxygens (including phenoxy) is 1. The van der Waals surface area contributed by atoms with Crippen LogP contribution in [0.1, 0.15) is 37.7 Å². The number of hydrogen-bond donors (Lipinski definition) is 1. The molecule has 2 amide bonds. The van der Waals surface area contributed by atoms with Crippen molar-refractivity contribution >= 4 is 17.5 Å². The van der Waals surface area contributed by atoms with E-state index in [1.54, 1.807) is 12.3 Å². The number of carbonyl (C=O) groups excluding carboxylic acids is 2. The number of benzene rings is 1. The summed E-state index contributed by atoms with van der Waals surface area (Å²) in [4.78, 5) is 30.4. The summed E-state index contributed by atoms with van der Waals surface area (Å²) in [6, 6.07) is 6.65.